The zero-order valence-electron chi connectivity index (χ0n) is 9.09. The number of rotatable bonds is 2. The highest BCUT2D eigenvalue weighted by Gasteiger charge is 2.18. The fourth-order valence-electron chi connectivity index (χ4n) is 2.11. The van der Waals surface area contributed by atoms with Gasteiger partial charge in [-0.15, -0.1) is 0 Å². The SMILES string of the molecule is C=C1CCCN1c1cc(Cl)ccc1CC. The summed E-state index contributed by atoms with van der Waals surface area (Å²) in [6, 6.07) is 6.13. The number of allylic oxidation sites excluding steroid dienone is 1. The molecule has 1 fully saturated rings. The number of benzene rings is 1. The van der Waals surface area contributed by atoms with Gasteiger partial charge >= 0.3 is 0 Å². The summed E-state index contributed by atoms with van der Waals surface area (Å²) in [5.41, 5.74) is 3.81. The van der Waals surface area contributed by atoms with Gasteiger partial charge in [-0.25, -0.2) is 0 Å². The number of anilines is 1. The van der Waals surface area contributed by atoms with Gasteiger partial charge in [0.05, 0.1) is 0 Å². The maximum Gasteiger partial charge on any atom is 0.0455 e. The van der Waals surface area contributed by atoms with Gasteiger partial charge in [0, 0.05) is 23.0 Å². The third kappa shape index (κ3) is 2.03. The number of nitrogens with zero attached hydrogens (tertiary/aromatic N) is 1. The van der Waals surface area contributed by atoms with Gasteiger partial charge in [0.15, 0.2) is 0 Å². The third-order valence-electron chi connectivity index (χ3n) is 2.95. The zero-order chi connectivity index (χ0) is 10.8. The van der Waals surface area contributed by atoms with E-state index in [0.29, 0.717) is 0 Å². The molecule has 0 radical (unpaired) electrons. The van der Waals surface area contributed by atoms with E-state index >= 15 is 0 Å². The van der Waals surface area contributed by atoms with E-state index in [0.717, 1.165) is 24.4 Å². The Bertz CT molecular complexity index is 384. The third-order valence-corrected chi connectivity index (χ3v) is 3.18. The second-order valence-corrected chi connectivity index (χ2v) is 4.38. The molecule has 15 heavy (non-hydrogen) atoms. The van der Waals surface area contributed by atoms with Crippen LogP contribution in [0.2, 0.25) is 5.02 Å². The van der Waals surface area contributed by atoms with Crippen molar-refractivity contribution in [2.24, 2.45) is 0 Å². The second kappa shape index (κ2) is 4.28. The van der Waals surface area contributed by atoms with Crippen LogP contribution in [0.4, 0.5) is 5.69 Å². The van der Waals surface area contributed by atoms with Gasteiger partial charge in [0.25, 0.3) is 0 Å². The maximum absolute atomic E-state index is 6.04. The van der Waals surface area contributed by atoms with E-state index < -0.39 is 0 Å². The van der Waals surface area contributed by atoms with Crippen LogP contribution in [0.3, 0.4) is 0 Å². The van der Waals surface area contributed by atoms with Gasteiger partial charge in [0.1, 0.15) is 0 Å². The summed E-state index contributed by atoms with van der Waals surface area (Å²) in [6.45, 7) is 7.35. The van der Waals surface area contributed by atoms with Crippen LogP contribution in [0.15, 0.2) is 30.5 Å². The smallest absolute Gasteiger partial charge is 0.0455 e. The first-order valence-electron chi connectivity index (χ1n) is 5.46. The lowest BCUT2D eigenvalue weighted by Crippen LogP contribution is -2.17. The van der Waals surface area contributed by atoms with Crippen molar-refractivity contribution in [1.82, 2.24) is 0 Å². The Morgan fingerprint density at radius 1 is 1.47 bits per heavy atom. The molecule has 1 aromatic carbocycles. The highest BCUT2D eigenvalue weighted by molar-refractivity contribution is 6.30. The molecule has 0 aliphatic carbocycles. The minimum Gasteiger partial charge on any atom is -0.345 e. The Morgan fingerprint density at radius 3 is 2.87 bits per heavy atom. The number of aryl methyl sites for hydroxylation is 1. The van der Waals surface area contributed by atoms with Gasteiger partial charge in [-0.1, -0.05) is 31.2 Å². The minimum absolute atomic E-state index is 0.807. The van der Waals surface area contributed by atoms with Crippen molar-refractivity contribution < 1.29 is 0 Å². The Morgan fingerprint density at radius 2 is 2.27 bits per heavy atom. The highest BCUT2D eigenvalue weighted by Crippen LogP contribution is 2.32. The Hall–Kier alpha value is -0.950. The van der Waals surface area contributed by atoms with E-state index in [1.165, 1.54) is 23.4 Å². The van der Waals surface area contributed by atoms with Gasteiger partial charge in [-0.3, -0.25) is 0 Å². The molecular formula is C13H16ClN. The molecule has 1 aromatic rings. The molecule has 0 spiro atoms. The van der Waals surface area contributed by atoms with Crippen molar-refractivity contribution in [1.29, 1.82) is 0 Å². The second-order valence-electron chi connectivity index (χ2n) is 3.95. The molecule has 0 atom stereocenters. The van der Waals surface area contributed by atoms with Crippen molar-refractivity contribution in [2.45, 2.75) is 26.2 Å². The van der Waals surface area contributed by atoms with Crippen molar-refractivity contribution in [3.63, 3.8) is 0 Å². The molecule has 1 heterocycles. The summed E-state index contributed by atoms with van der Waals surface area (Å²) >= 11 is 6.04. The molecule has 1 nitrogen and oxygen atoms in total. The van der Waals surface area contributed by atoms with Crippen molar-refractivity contribution in [2.75, 3.05) is 11.4 Å². The van der Waals surface area contributed by atoms with Crippen LogP contribution in [-0.2, 0) is 6.42 Å². The molecule has 2 rings (SSSR count). The van der Waals surface area contributed by atoms with Crippen molar-refractivity contribution in [3.05, 3.63) is 41.1 Å². The molecule has 80 valence electrons. The van der Waals surface area contributed by atoms with Crippen LogP contribution in [-0.4, -0.2) is 6.54 Å². The quantitative estimate of drug-likeness (QED) is 0.729. The largest absolute Gasteiger partial charge is 0.345 e. The molecule has 0 amide bonds. The van der Waals surface area contributed by atoms with Crippen LogP contribution in [0.1, 0.15) is 25.3 Å². The average Bonchev–Trinajstić information content (AvgIpc) is 2.64. The van der Waals surface area contributed by atoms with Crippen LogP contribution < -0.4 is 4.90 Å². The molecule has 0 N–H and O–H groups in total. The first-order valence-corrected chi connectivity index (χ1v) is 5.84. The van der Waals surface area contributed by atoms with E-state index in [9.17, 15) is 0 Å². The van der Waals surface area contributed by atoms with Gasteiger partial charge < -0.3 is 4.90 Å². The van der Waals surface area contributed by atoms with Crippen molar-refractivity contribution >= 4 is 17.3 Å². The summed E-state index contributed by atoms with van der Waals surface area (Å²) in [7, 11) is 0. The first-order chi connectivity index (χ1) is 7.22. The highest BCUT2D eigenvalue weighted by atomic mass is 35.5. The van der Waals surface area contributed by atoms with Crippen molar-refractivity contribution in [3.8, 4) is 0 Å². The predicted octanol–water partition coefficient (Wildman–Crippen LogP) is 4.02. The van der Waals surface area contributed by atoms with Crippen LogP contribution in [0, 0.1) is 0 Å². The fourth-order valence-corrected chi connectivity index (χ4v) is 2.28. The number of halogens is 1. The van der Waals surface area contributed by atoms with Gasteiger partial charge in [-0.05, 0) is 37.0 Å². The van der Waals surface area contributed by atoms with E-state index in [1.54, 1.807) is 0 Å². The lowest BCUT2D eigenvalue weighted by Gasteiger charge is -2.22. The summed E-state index contributed by atoms with van der Waals surface area (Å²) in [5, 5.41) is 0.807. The molecule has 0 bridgehead atoms. The molecule has 1 saturated heterocycles. The minimum atomic E-state index is 0.807. The summed E-state index contributed by atoms with van der Waals surface area (Å²) in [6.07, 6.45) is 3.35. The molecule has 2 heteroatoms. The van der Waals surface area contributed by atoms with E-state index in [2.05, 4.69) is 30.5 Å². The molecule has 0 aromatic heterocycles. The monoisotopic (exact) mass is 221 g/mol. The summed E-state index contributed by atoms with van der Waals surface area (Å²) in [4.78, 5) is 2.30. The summed E-state index contributed by atoms with van der Waals surface area (Å²) in [5.74, 6) is 0. The van der Waals surface area contributed by atoms with E-state index in [4.69, 9.17) is 11.6 Å². The van der Waals surface area contributed by atoms with Gasteiger partial charge in [0.2, 0.25) is 0 Å². The summed E-state index contributed by atoms with van der Waals surface area (Å²) < 4.78 is 0. The maximum atomic E-state index is 6.04. The van der Waals surface area contributed by atoms with Gasteiger partial charge in [-0.2, -0.15) is 0 Å². The normalized spacial score (nSPS) is 16.1. The van der Waals surface area contributed by atoms with Crippen LogP contribution >= 0.6 is 11.6 Å². The van der Waals surface area contributed by atoms with Crippen LogP contribution in [0.5, 0.6) is 0 Å². The fraction of sp³-hybridized carbons (Fsp3) is 0.385. The molecule has 0 saturated carbocycles. The first kappa shape index (κ1) is 10.6. The zero-order valence-corrected chi connectivity index (χ0v) is 9.85. The van der Waals surface area contributed by atoms with Crippen LogP contribution in [0.25, 0.3) is 0 Å². The predicted molar refractivity (Wildman–Crippen MR) is 66.6 cm³/mol. The molecule has 0 unspecified atom stereocenters. The standard InChI is InChI=1S/C13H16ClN/c1-3-11-6-7-12(14)9-13(11)15-8-4-5-10(15)2/h6-7,9H,2-5,8H2,1H3. The molecule has 1 aliphatic heterocycles. The lowest BCUT2D eigenvalue weighted by molar-refractivity contribution is 0.949. The number of hydrogen-bond acceptors (Lipinski definition) is 1. The van der Waals surface area contributed by atoms with E-state index in [1.807, 2.05) is 6.07 Å². The van der Waals surface area contributed by atoms with E-state index in [-0.39, 0.29) is 0 Å². The Kier molecular flexibility index (Phi) is 3.01. The average molecular weight is 222 g/mol. The topological polar surface area (TPSA) is 3.24 Å². The number of hydrogen-bond donors (Lipinski definition) is 0. The Balaban J connectivity index is 2.40. The lowest BCUT2D eigenvalue weighted by atomic mass is 10.1. The molecule has 1 aliphatic rings. The molecular weight excluding hydrogens is 206 g/mol. The Labute approximate surface area is 96.4 Å².